The fourth-order valence-electron chi connectivity index (χ4n) is 10.3. The maximum absolute atomic E-state index is 6.98. The van der Waals surface area contributed by atoms with Gasteiger partial charge in [0.15, 0.2) is 28.9 Å². The van der Waals surface area contributed by atoms with Crippen LogP contribution < -0.4 is 14.3 Å². The molecule has 0 aliphatic carbocycles. The number of pyridine rings is 1. The number of hydrogen-bond donors (Lipinski definition) is 0. The minimum absolute atomic E-state index is 0.315. The number of imidazole rings is 1. The number of aromatic nitrogens is 3. The molecule has 0 bridgehead atoms. The Bertz CT molecular complexity index is 3020. The molecular formula is C52H47N3OSi+2. The summed E-state index contributed by atoms with van der Waals surface area (Å²) in [5.41, 5.74) is 16.1. The first kappa shape index (κ1) is 34.2. The molecule has 2 aliphatic rings. The molecule has 0 radical (unpaired) electrons. The number of rotatable bonds is 3. The van der Waals surface area contributed by atoms with Crippen molar-refractivity contribution in [3.63, 3.8) is 0 Å². The molecule has 2 atom stereocenters. The number of hydrogen-bond acceptors (Lipinski definition) is 1. The summed E-state index contributed by atoms with van der Waals surface area (Å²) in [6, 6.07) is 54.1. The number of fused-ring (bicyclic) bond motifs is 15. The van der Waals surface area contributed by atoms with E-state index in [9.17, 15) is 0 Å². The maximum atomic E-state index is 6.98. The van der Waals surface area contributed by atoms with E-state index in [4.69, 9.17) is 4.42 Å². The van der Waals surface area contributed by atoms with E-state index < -0.39 is 8.07 Å². The van der Waals surface area contributed by atoms with Crippen LogP contribution in [0.2, 0.25) is 19.6 Å². The van der Waals surface area contributed by atoms with Gasteiger partial charge in [-0.25, -0.2) is 4.57 Å². The molecule has 278 valence electrons. The van der Waals surface area contributed by atoms with Gasteiger partial charge in [0.05, 0.1) is 14.6 Å². The van der Waals surface area contributed by atoms with Gasteiger partial charge in [-0.2, -0.15) is 9.13 Å². The molecule has 0 fully saturated rings. The molecule has 0 amide bonds. The molecule has 0 saturated carbocycles. The Balaban J connectivity index is 1.18. The fraction of sp³-hybridized carbons (Fsp3) is 0.192. The van der Waals surface area contributed by atoms with Crippen molar-refractivity contribution in [3.8, 4) is 39.5 Å². The largest absolute Gasteiger partial charge is 0.455 e. The van der Waals surface area contributed by atoms with E-state index >= 15 is 0 Å². The first-order chi connectivity index (χ1) is 27.8. The number of para-hydroxylation sites is 3. The lowest BCUT2D eigenvalue weighted by Gasteiger charge is -2.32. The quantitative estimate of drug-likeness (QED) is 0.130. The van der Waals surface area contributed by atoms with E-state index in [0.29, 0.717) is 12.0 Å². The Labute approximate surface area is 335 Å². The monoisotopic (exact) mass is 757 g/mol. The van der Waals surface area contributed by atoms with Crippen molar-refractivity contribution in [2.75, 3.05) is 0 Å². The van der Waals surface area contributed by atoms with Gasteiger partial charge >= 0.3 is 0 Å². The van der Waals surface area contributed by atoms with Crippen molar-refractivity contribution in [1.29, 1.82) is 0 Å². The van der Waals surface area contributed by atoms with Crippen molar-refractivity contribution in [3.05, 3.63) is 168 Å². The smallest absolute Gasteiger partial charge is 0.299 e. The lowest BCUT2D eigenvalue weighted by atomic mass is 9.77. The van der Waals surface area contributed by atoms with Gasteiger partial charge in [0.25, 0.3) is 5.82 Å². The molecule has 3 aromatic heterocycles. The van der Waals surface area contributed by atoms with Gasteiger partial charge < -0.3 is 4.42 Å². The van der Waals surface area contributed by atoms with Crippen LogP contribution in [-0.2, 0) is 13.0 Å². The Morgan fingerprint density at radius 1 is 0.702 bits per heavy atom. The average molecular weight is 758 g/mol. The summed E-state index contributed by atoms with van der Waals surface area (Å²) in [6.07, 6.45) is 5.57. The number of furan rings is 1. The van der Waals surface area contributed by atoms with Crippen molar-refractivity contribution in [1.82, 2.24) is 4.57 Å². The van der Waals surface area contributed by atoms with E-state index in [1.807, 2.05) is 0 Å². The van der Waals surface area contributed by atoms with Gasteiger partial charge in [0, 0.05) is 39.9 Å². The van der Waals surface area contributed by atoms with E-state index in [1.165, 1.54) is 66.9 Å². The van der Waals surface area contributed by atoms with Crippen LogP contribution in [0, 0.1) is 6.92 Å². The number of aryl methyl sites for hydroxylation is 3. The molecule has 5 heteroatoms. The average Bonchev–Trinajstić information content (AvgIpc) is 3.77. The van der Waals surface area contributed by atoms with Crippen LogP contribution in [0.5, 0.6) is 0 Å². The molecule has 0 spiro atoms. The van der Waals surface area contributed by atoms with Crippen molar-refractivity contribution >= 4 is 46.2 Å². The molecular weight excluding hydrogens is 711 g/mol. The summed E-state index contributed by atoms with van der Waals surface area (Å²) in [4.78, 5) is 0. The number of benzene rings is 6. The summed E-state index contributed by atoms with van der Waals surface area (Å²) in [6.45, 7) is 10.7. The van der Waals surface area contributed by atoms with E-state index in [2.05, 4.69) is 192 Å². The molecule has 0 N–H and O–H groups in total. The molecule has 0 saturated heterocycles. The normalized spacial score (nSPS) is 16.5. The molecule has 5 heterocycles. The standard InChI is InChI=1S/C52H47N3OSi/c1-34-32-47-40-17-9-8-16-39(40)41-28-24-37-25-29-43-42-18-10-13-21-48(42)56-51(43)50(37)52-53(31-30-44(41)54(47)33-49(34)57(2,3)4)45-19-11-12-20-46(45)55(52)38-26-22-36(23-27-38)35-14-6-5-7-15-35/h5-23,25-27,29,32-33,41,44H,24,28,30-31H2,1-4H3/q+2. The minimum atomic E-state index is -1.61. The van der Waals surface area contributed by atoms with E-state index in [1.54, 1.807) is 5.19 Å². The van der Waals surface area contributed by atoms with Gasteiger partial charge in [-0.15, -0.1) is 0 Å². The highest BCUT2D eigenvalue weighted by molar-refractivity contribution is 6.88. The zero-order valence-corrected chi connectivity index (χ0v) is 34.2. The summed E-state index contributed by atoms with van der Waals surface area (Å²) in [7, 11) is -1.61. The lowest BCUT2D eigenvalue weighted by molar-refractivity contribution is -0.732. The summed E-state index contributed by atoms with van der Waals surface area (Å²) in [5, 5.41) is 3.89. The highest BCUT2D eigenvalue weighted by atomic mass is 28.3. The Kier molecular flexibility index (Phi) is 7.81. The molecule has 11 rings (SSSR count). The van der Waals surface area contributed by atoms with Crippen LogP contribution in [0.4, 0.5) is 0 Å². The van der Waals surface area contributed by atoms with Crippen molar-refractivity contribution in [2.45, 2.75) is 64.3 Å². The highest BCUT2D eigenvalue weighted by Gasteiger charge is 2.43. The second-order valence-electron chi connectivity index (χ2n) is 17.3. The van der Waals surface area contributed by atoms with Crippen LogP contribution in [0.1, 0.15) is 41.5 Å². The lowest BCUT2D eigenvalue weighted by Crippen LogP contribution is -2.54. The third-order valence-electron chi connectivity index (χ3n) is 12.9. The van der Waals surface area contributed by atoms with Gasteiger partial charge in [-0.05, 0) is 84.0 Å². The SMILES string of the molecule is Cc1cc2[n+](cc1[Si](C)(C)C)C1CC[n+]3c(n(-c4ccc(-c5ccccc5)cc4)c4ccccc43)-c3c(ccc4c3oc3ccccc34)CCC1c1ccccc1-2. The molecule has 2 unspecified atom stereocenters. The van der Waals surface area contributed by atoms with Crippen LogP contribution in [-0.4, -0.2) is 12.6 Å². The third-order valence-corrected chi connectivity index (χ3v) is 15.1. The topological polar surface area (TPSA) is 25.8 Å². The molecule has 6 aromatic carbocycles. The fourth-order valence-corrected chi connectivity index (χ4v) is 12.1. The first-order valence-electron chi connectivity index (χ1n) is 20.6. The number of nitrogens with zero attached hydrogens (tertiary/aromatic N) is 3. The zero-order valence-electron chi connectivity index (χ0n) is 33.2. The van der Waals surface area contributed by atoms with Crippen LogP contribution >= 0.6 is 0 Å². The van der Waals surface area contributed by atoms with Crippen LogP contribution in [0.25, 0.3) is 72.4 Å². The molecule has 4 nitrogen and oxygen atoms in total. The van der Waals surface area contributed by atoms with Gasteiger partial charge in [-0.3, -0.25) is 0 Å². The highest BCUT2D eigenvalue weighted by Crippen LogP contribution is 2.46. The van der Waals surface area contributed by atoms with E-state index in [0.717, 1.165) is 48.0 Å². The second-order valence-corrected chi connectivity index (χ2v) is 22.3. The second kappa shape index (κ2) is 13.0. The summed E-state index contributed by atoms with van der Waals surface area (Å²) < 4.78 is 14.8. The van der Waals surface area contributed by atoms with Gasteiger partial charge in [0.1, 0.15) is 16.8 Å². The Morgan fingerprint density at radius 2 is 1.44 bits per heavy atom. The predicted molar refractivity (Wildman–Crippen MR) is 236 cm³/mol. The zero-order chi connectivity index (χ0) is 38.4. The third kappa shape index (κ3) is 5.39. The van der Waals surface area contributed by atoms with E-state index in [-0.39, 0.29) is 0 Å². The van der Waals surface area contributed by atoms with Gasteiger partial charge in [0.2, 0.25) is 5.69 Å². The maximum Gasteiger partial charge on any atom is 0.299 e. The van der Waals surface area contributed by atoms with Gasteiger partial charge in [-0.1, -0.05) is 123 Å². The molecule has 2 aliphatic heterocycles. The Hall–Kier alpha value is -6.04. The predicted octanol–water partition coefficient (Wildman–Crippen LogP) is 11.6. The van der Waals surface area contributed by atoms with Crippen molar-refractivity contribution in [2.24, 2.45) is 0 Å². The van der Waals surface area contributed by atoms with Crippen LogP contribution in [0.15, 0.2) is 156 Å². The summed E-state index contributed by atoms with van der Waals surface area (Å²) in [5.74, 6) is 1.56. The minimum Gasteiger partial charge on any atom is -0.455 e. The Morgan fingerprint density at radius 3 is 2.28 bits per heavy atom. The summed E-state index contributed by atoms with van der Waals surface area (Å²) >= 11 is 0. The first-order valence-corrected chi connectivity index (χ1v) is 24.1. The van der Waals surface area contributed by atoms with Crippen molar-refractivity contribution < 1.29 is 13.6 Å². The van der Waals surface area contributed by atoms with Crippen LogP contribution in [0.3, 0.4) is 0 Å². The molecule has 9 aromatic rings. The molecule has 57 heavy (non-hydrogen) atoms.